The SMILES string of the molecule is Cc1nn(C(C)(C)CCC(C)(C)COC(C)(C)C)c(C)c1C. The van der Waals surface area contributed by atoms with Crippen molar-refractivity contribution in [2.24, 2.45) is 5.41 Å². The molecular weight excluding hydrogens is 272 g/mol. The molecule has 3 nitrogen and oxygen atoms in total. The highest BCUT2D eigenvalue weighted by Gasteiger charge is 2.29. The second kappa shape index (κ2) is 6.35. The van der Waals surface area contributed by atoms with Gasteiger partial charge in [0.05, 0.1) is 23.4 Å². The summed E-state index contributed by atoms with van der Waals surface area (Å²) in [6, 6.07) is 0. The van der Waals surface area contributed by atoms with Gasteiger partial charge in [-0.3, -0.25) is 4.68 Å². The molecule has 0 spiro atoms. The van der Waals surface area contributed by atoms with Gasteiger partial charge in [-0.2, -0.15) is 5.10 Å². The van der Waals surface area contributed by atoms with Gasteiger partial charge in [0.2, 0.25) is 0 Å². The second-order valence-corrected chi connectivity index (χ2v) is 9.09. The van der Waals surface area contributed by atoms with Gasteiger partial charge in [-0.25, -0.2) is 0 Å². The Morgan fingerprint density at radius 1 is 0.909 bits per heavy atom. The van der Waals surface area contributed by atoms with Crippen LogP contribution in [0.5, 0.6) is 0 Å². The van der Waals surface area contributed by atoms with Crippen LogP contribution in [0.3, 0.4) is 0 Å². The van der Waals surface area contributed by atoms with Gasteiger partial charge in [0.15, 0.2) is 0 Å². The lowest BCUT2D eigenvalue weighted by atomic mass is 9.83. The summed E-state index contributed by atoms with van der Waals surface area (Å²) in [5.41, 5.74) is 3.87. The van der Waals surface area contributed by atoms with Crippen molar-refractivity contribution in [2.75, 3.05) is 6.61 Å². The summed E-state index contributed by atoms with van der Waals surface area (Å²) in [5, 5.41) is 4.75. The maximum absolute atomic E-state index is 5.99. The number of aromatic nitrogens is 2. The van der Waals surface area contributed by atoms with E-state index in [2.05, 4.69) is 73.9 Å². The smallest absolute Gasteiger partial charge is 0.0625 e. The van der Waals surface area contributed by atoms with E-state index in [1.165, 1.54) is 11.3 Å². The molecule has 128 valence electrons. The van der Waals surface area contributed by atoms with E-state index in [0.717, 1.165) is 25.1 Å². The van der Waals surface area contributed by atoms with Crippen molar-refractivity contribution >= 4 is 0 Å². The van der Waals surface area contributed by atoms with Crippen molar-refractivity contribution in [1.29, 1.82) is 0 Å². The molecule has 1 aromatic heterocycles. The highest BCUT2D eigenvalue weighted by atomic mass is 16.5. The number of nitrogens with zero attached hydrogens (tertiary/aromatic N) is 2. The number of ether oxygens (including phenoxy) is 1. The van der Waals surface area contributed by atoms with Crippen molar-refractivity contribution in [2.45, 2.75) is 93.2 Å². The molecule has 0 saturated heterocycles. The number of hydrogen-bond donors (Lipinski definition) is 0. The van der Waals surface area contributed by atoms with Crippen LogP contribution in [0.25, 0.3) is 0 Å². The van der Waals surface area contributed by atoms with Gasteiger partial charge in [0, 0.05) is 5.69 Å². The monoisotopic (exact) mass is 308 g/mol. The molecule has 22 heavy (non-hydrogen) atoms. The Morgan fingerprint density at radius 2 is 1.45 bits per heavy atom. The summed E-state index contributed by atoms with van der Waals surface area (Å²) in [6.07, 6.45) is 2.21. The minimum Gasteiger partial charge on any atom is -0.375 e. The van der Waals surface area contributed by atoms with E-state index in [1.807, 2.05) is 0 Å². The minimum atomic E-state index is -0.0699. The quantitative estimate of drug-likeness (QED) is 0.725. The molecule has 0 amide bonds. The third-order valence-corrected chi connectivity index (χ3v) is 4.54. The predicted octanol–water partition coefficient (Wildman–Crippen LogP) is 5.16. The zero-order chi connectivity index (χ0) is 17.3. The summed E-state index contributed by atoms with van der Waals surface area (Å²) in [5.74, 6) is 0. The Morgan fingerprint density at radius 3 is 1.86 bits per heavy atom. The third kappa shape index (κ3) is 5.12. The molecule has 0 fully saturated rings. The number of aryl methyl sites for hydroxylation is 1. The van der Waals surface area contributed by atoms with E-state index in [9.17, 15) is 0 Å². The van der Waals surface area contributed by atoms with Crippen molar-refractivity contribution in [3.63, 3.8) is 0 Å². The highest BCUT2D eigenvalue weighted by molar-refractivity contribution is 5.23. The topological polar surface area (TPSA) is 27.1 Å². The molecule has 0 aliphatic rings. The molecule has 0 atom stereocenters. The fourth-order valence-electron chi connectivity index (χ4n) is 2.54. The summed E-state index contributed by atoms with van der Waals surface area (Å²) >= 11 is 0. The van der Waals surface area contributed by atoms with Crippen LogP contribution in [0.2, 0.25) is 0 Å². The molecule has 0 radical (unpaired) electrons. The molecule has 1 heterocycles. The average Bonchev–Trinajstić information content (AvgIpc) is 2.62. The molecule has 0 aromatic carbocycles. The van der Waals surface area contributed by atoms with E-state index in [-0.39, 0.29) is 16.6 Å². The Kier molecular flexibility index (Phi) is 5.55. The Balaban J connectivity index is 2.74. The Bertz CT molecular complexity index is 504. The zero-order valence-corrected chi connectivity index (χ0v) is 16.4. The van der Waals surface area contributed by atoms with Gasteiger partial charge in [0.1, 0.15) is 0 Å². The number of hydrogen-bond acceptors (Lipinski definition) is 2. The normalized spacial score (nSPS) is 13.7. The van der Waals surface area contributed by atoms with Crippen LogP contribution in [-0.4, -0.2) is 22.0 Å². The molecule has 0 bridgehead atoms. The van der Waals surface area contributed by atoms with Crippen LogP contribution in [0.4, 0.5) is 0 Å². The Hall–Kier alpha value is -0.830. The fourth-order valence-corrected chi connectivity index (χ4v) is 2.54. The van der Waals surface area contributed by atoms with Gasteiger partial charge < -0.3 is 4.74 Å². The molecule has 0 N–H and O–H groups in total. The van der Waals surface area contributed by atoms with E-state index < -0.39 is 0 Å². The van der Waals surface area contributed by atoms with Crippen LogP contribution in [-0.2, 0) is 10.3 Å². The van der Waals surface area contributed by atoms with Gasteiger partial charge in [-0.05, 0) is 79.2 Å². The van der Waals surface area contributed by atoms with Crippen molar-refractivity contribution < 1.29 is 4.74 Å². The lowest BCUT2D eigenvalue weighted by Gasteiger charge is -2.34. The summed E-state index contributed by atoms with van der Waals surface area (Å²) < 4.78 is 8.20. The largest absolute Gasteiger partial charge is 0.375 e. The molecule has 0 aliphatic heterocycles. The van der Waals surface area contributed by atoms with Crippen molar-refractivity contribution in [3.8, 4) is 0 Å². The van der Waals surface area contributed by atoms with Gasteiger partial charge in [-0.15, -0.1) is 0 Å². The summed E-state index contributed by atoms with van der Waals surface area (Å²) in [4.78, 5) is 0. The maximum Gasteiger partial charge on any atom is 0.0625 e. The first kappa shape index (κ1) is 19.2. The first-order chi connectivity index (χ1) is 9.75. The molecule has 0 saturated carbocycles. The molecule has 1 aromatic rings. The lowest BCUT2D eigenvalue weighted by Crippen LogP contribution is -2.33. The lowest BCUT2D eigenvalue weighted by molar-refractivity contribution is -0.0471. The minimum absolute atomic E-state index is 0.0299. The maximum atomic E-state index is 5.99. The van der Waals surface area contributed by atoms with Crippen LogP contribution in [0.1, 0.15) is 78.3 Å². The van der Waals surface area contributed by atoms with Crippen LogP contribution < -0.4 is 0 Å². The second-order valence-electron chi connectivity index (χ2n) is 9.09. The van der Waals surface area contributed by atoms with E-state index in [0.29, 0.717) is 0 Å². The molecule has 0 unspecified atom stereocenters. The summed E-state index contributed by atoms with van der Waals surface area (Å²) in [6.45, 7) is 22.7. The first-order valence-electron chi connectivity index (χ1n) is 8.42. The van der Waals surface area contributed by atoms with Crippen molar-refractivity contribution in [1.82, 2.24) is 9.78 Å². The van der Waals surface area contributed by atoms with E-state index in [4.69, 9.17) is 9.84 Å². The number of rotatable bonds is 6. The van der Waals surface area contributed by atoms with Crippen LogP contribution in [0, 0.1) is 26.2 Å². The zero-order valence-electron chi connectivity index (χ0n) is 16.4. The Labute approximate surface area is 137 Å². The summed E-state index contributed by atoms with van der Waals surface area (Å²) in [7, 11) is 0. The van der Waals surface area contributed by atoms with Gasteiger partial charge in [-0.1, -0.05) is 13.8 Å². The van der Waals surface area contributed by atoms with E-state index >= 15 is 0 Å². The average molecular weight is 309 g/mol. The van der Waals surface area contributed by atoms with E-state index in [1.54, 1.807) is 0 Å². The standard InChI is InChI=1S/C19H36N2O/c1-14-15(2)20-21(16(14)3)19(9,10)12-11-18(7,8)13-22-17(4,5)6/h11-13H2,1-10H3. The molecule has 0 aliphatic carbocycles. The molecular formula is C19H36N2O. The van der Waals surface area contributed by atoms with Crippen molar-refractivity contribution in [3.05, 3.63) is 17.0 Å². The first-order valence-corrected chi connectivity index (χ1v) is 8.42. The third-order valence-electron chi connectivity index (χ3n) is 4.54. The van der Waals surface area contributed by atoms with Gasteiger partial charge >= 0.3 is 0 Å². The van der Waals surface area contributed by atoms with Crippen LogP contribution >= 0.6 is 0 Å². The van der Waals surface area contributed by atoms with Crippen LogP contribution in [0.15, 0.2) is 0 Å². The molecule has 1 rings (SSSR count). The predicted molar refractivity (Wildman–Crippen MR) is 94.5 cm³/mol. The van der Waals surface area contributed by atoms with Gasteiger partial charge in [0.25, 0.3) is 0 Å². The highest BCUT2D eigenvalue weighted by Crippen LogP contribution is 2.32. The fraction of sp³-hybridized carbons (Fsp3) is 0.842. The molecule has 3 heteroatoms.